The molecule has 0 bridgehead atoms. The van der Waals surface area contributed by atoms with E-state index in [9.17, 15) is 4.79 Å². The van der Waals surface area contributed by atoms with Gasteiger partial charge in [0, 0.05) is 32.1 Å². The van der Waals surface area contributed by atoms with Gasteiger partial charge in [-0.05, 0) is 18.6 Å². The molecule has 16 heavy (non-hydrogen) atoms. The van der Waals surface area contributed by atoms with E-state index in [1.807, 2.05) is 26.1 Å². The molecule has 0 aromatic carbocycles. The highest BCUT2D eigenvalue weighted by Gasteiger charge is 2.12. The molecule has 0 unspecified atom stereocenters. The predicted molar refractivity (Wildman–Crippen MR) is 60.2 cm³/mol. The van der Waals surface area contributed by atoms with E-state index >= 15 is 0 Å². The third-order valence-electron chi connectivity index (χ3n) is 2.40. The van der Waals surface area contributed by atoms with Gasteiger partial charge in [0.2, 0.25) is 0 Å². The third kappa shape index (κ3) is 2.16. The zero-order valence-corrected chi connectivity index (χ0v) is 9.34. The summed E-state index contributed by atoms with van der Waals surface area (Å²) < 4.78 is 1.66. The van der Waals surface area contributed by atoms with E-state index in [1.165, 1.54) is 0 Å². The van der Waals surface area contributed by atoms with Crippen LogP contribution in [0.15, 0.2) is 30.7 Å². The second-order valence-electron chi connectivity index (χ2n) is 3.76. The highest BCUT2D eigenvalue weighted by atomic mass is 16.1. The smallest absolute Gasteiger partial charge is 0.170 e. The molecule has 0 fully saturated rings. The fourth-order valence-corrected chi connectivity index (χ4v) is 1.66. The number of hydrogen-bond donors (Lipinski definition) is 0. The van der Waals surface area contributed by atoms with Crippen molar-refractivity contribution >= 4 is 5.78 Å². The molecular formula is C12H13N3O. The van der Waals surface area contributed by atoms with Gasteiger partial charge in [0.15, 0.2) is 5.78 Å². The molecule has 0 saturated heterocycles. The van der Waals surface area contributed by atoms with Crippen LogP contribution in [-0.2, 0) is 13.5 Å². The Bertz CT molecular complexity index is 502. The van der Waals surface area contributed by atoms with Crippen LogP contribution in [-0.4, -0.2) is 20.5 Å². The van der Waals surface area contributed by atoms with Crippen LogP contribution in [0, 0.1) is 6.92 Å². The molecule has 0 aliphatic heterocycles. The summed E-state index contributed by atoms with van der Waals surface area (Å²) in [6, 6.07) is 3.73. The topological polar surface area (TPSA) is 47.8 Å². The summed E-state index contributed by atoms with van der Waals surface area (Å²) in [5.41, 5.74) is 2.39. The van der Waals surface area contributed by atoms with E-state index in [0.29, 0.717) is 12.0 Å². The van der Waals surface area contributed by atoms with Crippen molar-refractivity contribution in [3.8, 4) is 0 Å². The molecule has 2 aromatic rings. The molecule has 0 spiro atoms. The Kier molecular flexibility index (Phi) is 2.81. The molecule has 4 nitrogen and oxygen atoms in total. The SMILES string of the molecule is Cc1nn(C)cc1C(=O)Cc1cccnc1. The fraction of sp³-hybridized carbons (Fsp3) is 0.250. The molecule has 82 valence electrons. The number of Topliss-reactive ketones (excluding diaryl/α,β-unsaturated/α-hetero) is 1. The Balaban J connectivity index is 2.18. The number of nitrogens with zero attached hydrogens (tertiary/aromatic N) is 3. The van der Waals surface area contributed by atoms with Crippen LogP contribution in [0.2, 0.25) is 0 Å². The molecule has 0 aliphatic rings. The van der Waals surface area contributed by atoms with Crippen LogP contribution in [0.1, 0.15) is 21.6 Å². The molecule has 4 heteroatoms. The molecule has 2 aromatic heterocycles. The van der Waals surface area contributed by atoms with Gasteiger partial charge in [-0.15, -0.1) is 0 Å². The Labute approximate surface area is 93.9 Å². The van der Waals surface area contributed by atoms with Crippen LogP contribution in [0.5, 0.6) is 0 Å². The lowest BCUT2D eigenvalue weighted by atomic mass is 10.1. The van der Waals surface area contributed by atoms with E-state index in [4.69, 9.17) is 0 Å². The number of hydrogen-bond acceptors (Lipinski definition) is 3. The summed E-state index contributed by atoms with van der Waals surface area (Å²) in [4.78, 5) is 16.0. The molecule has 0 aliphatic carbocycles. The number of rotatable bonds is 3. The van der Waals surface area contributed by atoms with E-state index in [0.717, 1.165) is 11.3 Å². The Morgan fingerprint density at radius 3 is 2.88 bits per heavy atom. The van der Waals surface area contributed by atoms with Crippen molar-refractivity contribution < 1.29 is 4.79 Å². The minimum absolute atomic E-state index is 0.0820. The van der Waals surface area contributed by atoms with Crippen molar-refractivity contribution in [1.29, 1.82) is 0 Å². The highest BCUT2D eigenvalue weighted by molar-refractivity contribution is 5.98. The molecule has 2 rings (SSSR count). The minimum atomic E-state index is 0.0820. The molecule has 0 atom stereocenters. The van der Waals surface area contributed by atoms with Crippen molar-refractivity contribution in [3.63, 3.8) is 0 Å². The molecule has 0 radical (unpaired) electrons. The molecule has 0 N–H and O–H groups in total. The van der Waals surface area contributed by atoms with Gasteiger partial charge >= 0.3 is 0 Å². The fourth-order valence-electron chi connectivity index (χ4n) is 1.66. The van der Waals surface area contributed by atoms with Gasteiger partial charge in [-0.2, -0.15) is 5.10 Å². The van der Waals surface area contributed by atoms with Crippen molar-refractivity contribution in [2.45, 2.75) is 13.3 Å². The zero-order valence-electron chi connectivity index (χ0n) is 9.34. The summed E-state index contributed by atoms with van der Waals surface area (Å²) in [5, 5.41) is 4.15. The van der Waals surface area contributed by atoms with Crippen LogP contribution < -0.4 is 0 Å². The number of aryl methyl sites for hydroxylation is 2. The van der Waals surface area contributed by atoms with Crippen molar-refractivity contribution in [2.75, 3.05) is 0 Å². The summed E-state index contributed by atoms with van der Waals surface area (Å²) in [6.45, 7) is 1.84. The van der Waals surface area contributed by atoms with Gasteiger partial charge in [0.25, 0.3) is 0 Å². The zero-order chi connectivity index (χ0) is 11.5. The molecular weight excluding hydrogens is 202 g/mol. The number of carbonyl (C=O) groups is 1. The normalized spacial score (nSPS) is 10.4. The van der Waals surface area contributed by atoms with Gasteiger partial charge in [-0.1, -0.05) is 6.07 Å². The number of aromatic nitrogens is 3. The minimum Gasteiger partial charge on any atom is -0.294 e. The predicted octanol–water partition coefficient (Wildman–Crippen LogP) is 1.55. The summed E-state index contributed by atoms with van der Waals surface area (Å²) in [7, 11) is 1.81. The summed E-state index contributed by atoms with van der Waals surface area (Å²) in [5.74, 6) is 0.0820. The maximum Gasteiger partial charge on any atom is 0.170 e. The largest absolute Gasteiger partial charge is 0.294 e. The van der Waals surface area contributed by atoms with Gasteiger partial charge in [0.1, 0.15) is 0 Å². The van der Waals surface area contributed by atoms with Gasteiger partial charge < -0.3 is 0 Å². The summed E-state index contributed by atoms with van der Waals surface area (Å²) >= 11 is 0. The first-order valence-corrected chi connectivity index (χ1v) is 5.09. The lowest BCUT2D eigenvalue weighted by Gasteiger charge is -1.98. The lowest BCUT2D eigenvalue weighted by molar-refractivity contribution is 0.0992. The van der Waals surface area contributed by atoms with E-state index in [2.05, 4.69) is 10.1 Å². The maximum atomic E-state index is 12.0. The Morgan fingerprint density at radius 1 is 1.50 bits per heavy atom. The maximum absolute atomic E-state index is 12.0. The van der Waals surface area contributed by atoms with E-state index in [1.54, 1.807) is 23.3 Å². The first-order chi connectivity index (χ1) is 7.66. The number of carbonyl (C=O) groups excluding carboxylic acids is 1. The van der Waals surface area contributed by atoms with Crippen molar-refractivity contribution in [1.82, 2.24) is 14.8 Å². The third-order valence-corrected chi connectivity index (χ3v) is 2.40. The molecule has 2 heterocycles. The second kappa shape index (κ2) is 4.26. The summed E-state index contributed by atoms with van der Waals surface area (Å²) in [6.07, 6.45) is 5.54. The average Bonchev–Trinajstić information content (AvgIpc) is 2.59. The standard InChI is InChI=1S/C12H13N3O/c1-9-11(8-15(2)14-9)12(16)6-10-4-3-5-13-7-10/h3-5,7-8H,6H2,1-2H3. The Morgan fingerprint density at radius 2 is 2.31 bits per heavy atom. The second-order valence-corrected chi connectivity index (χ2v) is 3.76. The highest BCUT2D eigenvalue weighted by Crippen LogP contribution is 2.09. The van der Waals surface area contributed by atoms with Crippen molar-refractivity contribution in [3.05, 3.63) is 47.5 Å². The van der Waals surface area contributed by atoms with E-state index in [-0.39, 0.29) is 5.78 Å². The van der Waals surface area contributed by atoms with Crippen LogP contribution in [0.3, 0.4) is 0 Å². The lowest BCUT2D eigenvalue weighted by Crippen LogP contribution is -2.04. The van der Waals surface area contributed by atoms with Gasteiger partial charge in [-0.3, -0.25) is 14.5 Å². The Hall–Kier alpha value is -1.97. The molecule has 0 amide bonds. The number of pyridine rings is 1. The average molecular weight is 215 g/mol. The van der Waals surface area contributed by atoms with Crippen molar-refractivity contribution in [2.24, 2.45) is 7.05 Å². The van der Waals surface area contributed by atoms with Crippen LogP contribution in [0.4, 0.5) is 0 Å². The van der Waals surface area contributed by atoms with Gasteiger partial charge in [-0.25, -0.2) is 0 Å². The van der Waals surface area contributed by atoms with Crippen LogP contribution >= 0.6 is 0 Å². The van der Waals surface area contributed by atoms with E-state index < -0.39 is 0 Å². The quantitative estimate of drug-likeness (QED) is 0.730. The van der Waals surface area contributed by atoms with Crippen LogP contribution in [0.25, 0.3) is 0 Å². The molecule has 0 saturated carbocycles. The van der Waals surface area contributed by atoms with Gasteiger partial charge in [0.05, 0.1) is 11.3 Å². The number of ketones is 1. The first-order valence-electron chi connectivity index (χ1n) is 5.09. The monoisotopic (exact) mass is 215 g/mol. The first kappa shape index (κ1) is 10.5.